The molecule has 0 fully saturated rings. The Morgan fingerprint density at radius 1 is 1.36 bits per heavy atom. The summed E-state index contributed by atoms with van der Waals surface area (Å²) in [5, 5.41) is 6.95. The molecule has 3 aromatic rings. The number of aryl methyl sites for hydroxylation is 1. The van der Waals surface area contributed by atoms with Crippen LogP contribution in [0.2, 0.25) is 0 Å². The summed E-state index contributed by atoms with van der Waals surface area (Å²) in [5.74, 6) is -0.0510. The van der Waals surface area contributed by atoms with E-state index in [0.717, 1.165) is 0 Å². The summed E-state index contributed by atoms with van der Waals surface area (Å²) in [4.78, 5) is 24.2. The first-order chi connectivity index (χ1) is 10.6. The predicted molar refractivity (Wildman–Crippen MR) is 80.2 cm³/mol. The number of ether oxygens (including phenoxy) is 1. The molecule has 0 atom stereocenters. The van der Waals surface area contributed by atoms with Gasteiger partial charge in [-0.15, -0.1) is 0 Å². The van der Waals surface area contributed by atoms with Gasteiger partial charge < -0.3 is 14.5 Å². The molecule has 22 heavy (non-hydrogen) atoms. The van der Waals surface area contributed by atoms with Crippen molar-refractivity contribution in [3.63, 3.8) is 0 Å². The number of nitrogens with one attached hydrogen (secondary N) is 1. The summed E-state index contributed by atoms with van der Waals surface area (Å²) in [7, 11) is 3.25. The third kappa shape index (κ3) is 2.56. The van der Waals surface area contributed by atoms with Gasteiger partial charge in [0.05, 0.1) is 24.4 Å². The van der Waals surface area contributed by atoms with Crippen LogP contribution in [0.15, 0.2) is 45.9 Å². The van der Waals surface area contributed by atoms with E-state index in [-0.39, 0.29) is 11.2 Å². The number of methoxy groups -OCH3 is 1. The summed E-state index contributed by atoms with van der Waals surface area (Å²) in [6.07, 6.45) is 3.14. The summed E-state index contributed by atoms with van der Waals surface area (Å²) >= 11 is 0. The van der Waals surface area contributed by atoms with Crippen molar-refractivity contribution in [3.05, 3.63) is 52.6 Å². The molecule has 0 saturated heterocycles. The summed E-state index contributed by atoms with van der Waals surface area (Å²) < 4.78 is 12.1. The average molecular weight is 299 g/mol. The summed E-state index contributed by atoms with van der Waals surface area (Å²) in [6.45, 7) is 0. The van der Waals surface area contributed by atoms with E-state index in [1.165, 1.54) is 19.4 Å². The van der Waals surface area contributed by atoms with Crippen LogP contribution >= 0.6 is 0 Å². The Kier molecular flexibility index (Phi) is 3.38. The highest BCUT2D eigenvalue weighted by molar-refractivity contribution is 6.02. The number of hydrogen-bond acceptors (Lipinski definition) is 5. The first-order valence-corrected chi connectivity index (χ1v) is 6.49. The molecule has 0 radical (unpaired) electrons. The number of carbonyl (C=O) groups is 1. The minimum atomic E-state index is -0.519. The van der Waals surface area contributed by atoms with Crippen LogP contribution in [-0.2, 0) is 7.05 Å². The van der Waals surface area contributed by atoms with Gasteiger partial charge in [0.2, 0.25) is 0 Å². The Morgan fingerprint density at radius 3 is 2.86 bits per heavy atom. The monoisotopic (exact) mass is 299 g/mol. The van der Waals surface area contributed by atoms with Gasteiger partial charge >= 0.3 is 0 Å². The first-order valence-electron chi connectivity index (χ1n) is 6.49. The third-order valence-corrected chi connectivity index (χ3v) is 3.12. The SMILES string of the molecule is COc1ccc2c(=O)cc(C(=O)Nc3cnn(C)c3)oc2c1. The lowest BCUT2D eigenvalue weighted by Gasteiger charge is -2.05. The standard InChI is InChI=1S/C15H13N3O4/c1-18-8-9(7-16-18)17-15(20)14-6-12(19)11-4-3-10(21-2)5-13(11)22-14/h3-8H,1-2H3,(H,17,20). The number of benzene rings is 1. The van der Waals surface area contributed by atoms with Gasteiger partial charge in [-0.25, -0.2) is 0 Å². The van der Waals surface area contributed by atoms with Crippen LogP contribution in [0.4, 0.5) is 5.69 Å². The Labute approximate surface area is 125 Å². The molecule has 3 rings (SSSR count). The van der Waals surface area contributed by atoms with E-state index in [0.29, 0.717) is 22.4 Å². The van der Waals surface area contributed by atoms with Gasteiger partial charge in [0.15, 0.2) is 11.2 Å². The number of anilines is 1. The van der Waals surface area contributed by atoms with Crippen molar-refractivity contribution < 1.29 is 13.9 Å². The van der Waals surface area contributed by atoms with Crippen molar-refractivity contribution >= 4 is 22.6 Å². The maximum Gasteiger partial charge on any atom is 0.291 e. The minimum Gasteiger partial charge on any atom is -0.497 e. The normalized spacial score (nSPS) is 10.6. The number of rotatable bonds is 3. The highest BCUT2D eigenvalue weighted by Crippen LogP contribution is 2.19. The van der Waals surface area contributed by atoms with Crippen molar-refractivity contribution in [3.8, 4) is 5.75 Å². The van der Waals surface area contributed by atoms with Gasteiger partial charge in [-0.05, 0) is 12.1 Å². The van der Waals surface area contributed by atoms with Crippen LogP contribution in [0, 0.1) is 0 Å². The first kappa shape index (κ1) is 13.9. The molecule has 7 nitrogen and oxygen atoms in total. The lowest BCUT2D eigenvalue weighted by Crippen LogP contribution is -2.14. The fourth-order valence-corrected chi connectivity index (χ4v) is 2.05. The molecule has 0 saturated carbocycles. The lowest BCUT2D eigenvalue weighted by atomic mass is 10.2. The zero-order valence-corrected chi connectivity index (χ0v) is 12.0. The third-order valence-electron chi connectivity index (χ3n) is 3.12. The molecule has 0 spiro atoms. The maximum atomic E-state index is 12.2. The van der Waals surface area contributed by atoms with Crippen LogP contribution in [0.1, 0.15) is 10.6 Å². The van der Waals surface area contributed by atoms with Crippen molar-refractivity contribution in [2.24, 2.45) is 7.05 Å². The number of nitrogens with zero attached hydrogens (tertiary/aromatic N) is 2. The molecule has 0 aliphatic rings. The number of fused-ring (bicyclic) bond motifs is 1. The Balaban J connectivity index is 1.99. The number of aromatic nitrogens is 2. The molecule has 1 aromatic carbocycles. The molecular weight excluding hydrogens is 286 g/mol. The van der Waals surface area contributed by atoms with Crippen LogP contribution in [0.5, 0.6) is 5.75 Å². The van der Waals surface area contributed by atoms with Crippen LogP contribution in [0.25, 0.3) is 11.0 Å². The second kappa shape index (κ2) is 5.36. The smallest absolute Gasteiger partial charge is 0.291 e. The van der Waals surface area contributed by atoms with Gasteiger partial charge in [0, 0.05) is 25.4 Å². The number of carbonyl (C=O) groups excluding carboxylic acids is 1. The molecule has 7 heteroatoms. The van der Waals surface area contributed by atoms with E-state index >= 15 is 0 Å². The molecular formula is C15H13N3O4. The van der Waals surface area contributed by atoms with Gasteiger partial charge in [-0.1, -0.05) is 0 Å². The van der Waals surface area contributed by atoms with E-state index in [4.69, 9.17) is 9.15 Å². The van der Waals surface area contributed by atoms with E-state index in [1.54, 1.807) is 36.1 Å². The molecule has 0 aliphatic heterocycles. The Bertz CT molecular complexity index is 911. The predicted octanol–water partition coefficient (Wildman–Crippen LogP) is 1.79. The number of amides is 1. The summed E-state index contributed by atoms with van der Waals surface area (Å²) in [5.41, 5.74) is 0.518. The molecule has 2 aromatic heterocycles. The van der Waals surface area contributed by atoms with Crippen molar-refractivity contribution in [1.82, 2.24) is 9.78 Å². The molecule has 112 valence electrons. The zero-order valence-electron chi connectivity index (χ0n) is 12.0. The maximum absolute atomic E-state index is 12.2. The molecule has 2 heterocycles. The fourth-order valence-electron chi connectivity index (χ4n) is 2.05. The van der Waals surface area contributed by atoms with Gasteiger partial charge in [0.25, 0.3) is 5.91 Å². The molecule has 0 aliphatic carbocycles. The molecule has 0 bridgehead atoms. The summed E-state index contributed by atoms with van der Waals surface area (Å²) in [6, 6.07) is 6.00. The largest absolute Gasteiger partial charge is 0.497 e. The highest BCUT2D eigenvalue weighted by Gasteiger charge is 2.13. The van der Waals surface area contributed by atoms with Crippen molar-refractivity contribution in [2.45, 2.75) is 0 Å². The fraction of sp³-hybridized carbons (Fsp3) is 0.133. The van der Waals surface area contributed by atoms with Crippen LogP contribution in [-0.4, -0.2) is 22.8 Å². The van der Waals surface area contributed by atoms with Gasteiger partial charge in [-0.2, -0.15) is 5.10 Å². The topological polar surface area (TPSA) is 86.4 Å². The van der Waals surface area contributed by atoms with Crippen LogP contribution < -0.4 is 15.5 Å². The molecule has 1 amide bonds. The second-order valence-electron chi connectivity index (χ2n) is 4.69. The van der Waals surface area contributed by atoms with E-state index in [1.807, 2.05) is 0 Å². The Morgan fingerprint density at radius 2 is 2.18 bits per heavy atom. The minimum absolute atomic E-state index is 0.0744. The van der Waals surface area contributed by atoms with Gasteiger partial charge in [0.1, 0.15) is 11.3 Å². The molecule has 1 N–H and O–H groups in total. The Hall–Kier alpha value is -3.09. The van der Waals surface area contributed by atoms with Crippen molar-refractivity contribution in [1.29, 1.82) is 0 Å². The van der Waals surface area contributed by atoms with E-state index in [9.17, 15) is 9.59 Å². The zero-order chi connectivity index (χ0) is 15.7. The highest BCUT2D eigenvalue weighted by atomic mass is 16.5. The quantitative estimate of drug-likeness (QED) is 0.796. The van der Waals surface area contributed by atoms with E-state index < -0.39 is 5.91 Å². The molecule has 0 unspecified atom stereocenters. The second-order valence-corrected chi connectivity index (χ2v) is 4.69. The van der Waals surface area contributed by atoms with Crippen LogP contribution in [0.3, 0.4) is 0 Å². The van der Waals surface area contributed by atoms with E-state index in [2.05, 4.69) is 10.4 Å². The van der Waals surface area contributed by atoms with Crippen molar-refractivity contribution in [2.75, 3.05) is 12.4 Å². The lowest BCUT2D eigenvalue weighted by molar-refractivity contribution is 0.0997. The van der Waals surface area contributed by atoms with Gasteiger partial charge in [-0.3, -0.25) is 14.3 Å². The number of hydrogen-bond donors (Lipinski definition) is 1. The average Bonchev–Trinajstić information content (AvgIpc) is 2.91.